The van der Waals surface area contributed by atoms with E-state index in [2.05, 4.69) is 6.92 Å². The summed E-state index contributed by atoms with van der Waals surface area (Å²) in [6.07, 6.45) is 4.08. The third-order valence-electron chi connectivity index (χ3n) is 4.63. The lowest BCUT2D eigenvalue weighted by Crippen LogP contribution is -2.39. The Hall–Kier alpha value is -2.18. The fourth-order valence-corrected chi connectivity index (χ4v) is 3.20. The molecule has 1 fully saturated rings. The van der Waals surface area contributed by atoms with E-state index in [-0.39, 0.29) is 13.2 Å². The SMILES string of the molecule is CCCCCC/C(=C\c1ccccc1)C1O[C@@H](C(=O)OCC)[C@H](C(=O)OCC)O1. The molecule has 1 aromatic rings. The van der Waals surface area contributed by atoms with Gasteiger partial charge in [0.1, 0.15) is 0 Å². The fourth-order valence-electron chi connectivity index (χ4n) is 3.20. The molecule has 0 amide bonds. The van der Waals surface area contributed by atoms with E-state index in [0.717, 1.165) is 43.2 Å². The van der Waals surface area contributed by atoms with Gasteiger partial charge in [0, 0.05) is 0 Å². The van der Waals surface area contributed by atoms with Crippen LogP contribution in [0, 0.1) is 0 Å². The smallest absolute Gasteiger partial charge is 0.338 e. The van der Waals surface area contributed by atoms with Crippen LogP contribution in [0.5, 0.6) is 0 Å². The van der Waals surface area contributed by atoms with Crippen molar-refractivity contribution < 1.29 is 28.5 Å². The number of carbonyl (C=O) groups is 2. The number of carbonyl (C=O) groups excluding carboxylic acids is 2. The Morgan fingerprint density at radius 1 is 0.897 bits per heavy atom. The zero-order valence-electron chi connectivity index (χ0n) is 17.6. The predicted molar refractivity (Wildman–Crippen MR) is 110 cm³/mol. The van der Waals surface area contributed by atoms with Crippen LogP contribution in [0.3, 0.4) is 0 Å². The second kappa shape index (κ2) is 12.4. The molecule has 1 heterocycles. The molecule has 0 aromatic heterocycles. The van der Waals surface area contributed by atoms with Gasteiger partial charge in [-0.2, -0.15) is 0 Å². The standard InChI is InChI=1S/C23H32O6/c1-4-7-8-12-15-18(16-17-13-10-9-11-14-17)23-28-19(21(24)26-5-2)20(29-23)22(25)27-6-3/h9-11,13-14,16,19-20,23H,4-8,12,15H2,1-3H3/b18-16+/t19-,20-/m1/s1. The average Bonchev–Trinajstić information content (AvgIpc) is 3.17. The van der Waals surface area contributed by atoms with Crippen LogP contribution in [0.15, 0.2) is 35.9 Å². The lowest BCUT2D eigenvalue weighted by atomic mass is 10.0. The average molecular weight is 405 g/mol. The van der Waals surface area contributed by atoms with Crippen molar-refractivity contribution in [3.8, 4) is 0 Å². The highest BCUT2D eigenvalue weighted by atomic mass is 16.8. The number of unbranched alkanes of at least 4 members (excludes halogenated alkanes) is 3. The molecule has 6 nitrogen and oxygen atoms in total. The van der Waals surface area contributed by atoms with Gasteiger partial charge in [-0.15, -0.1) is 0 Å². The molecule has 0 saturated carbocycles. The molecule has 0 bridgehead atoms. The van der Waals surface area contributed by atoms with E-state index in [1.807, 2.05) is 36.4 Å². The third-order valence-corrected chi connectivity index (χ3v) is 4.63. The number of esters is 2. The van der Waals surface area contributed by atoms with Gasteiger partial charge in [0.25, 0.3) is 0 Å². The summed E-state index contributed by atoms with van der Waals surface area (Å²) < 4.78 is 21.9. The second-order valence-corrected chi connectivity index (χ2v) is 6.89. The molecule has 1 aromatic carbocycles. The van der Waals surface area contributed by atoms with E-state index in [1.165, 1.54) is 0 Å². The number of benzene rings is 1. The Bertz CT molecular complexity index is 643. The molecule has 0 radical (unpaired) electrons. The van der Waals surface area contributed by atoms with Crippen LogP contribution in [0.2, 0.25) is 0 Å². The van der Waals surface area contributed by atoms with Crippen LogP contribution in [-0.2, 0) is 28.5 Å². The van der Waals surface area contributed by atoms with Gasteiger partial charge in [-0.25, -0.2) is 9.59 Å². The summed E-state index contributed by atoms with van der Waals surface area (Å²) >= 11 is 0. The summed E-state index contributed by atoms with van der Waals surface area (Å²) in [4.78, 5) is 24.7. The third kappa shape index (κ3) is 6.98. The number of ether oxygens (including phenoxy) is 4. The fraction of sp³-hybridized carbons (Fsp3) is 0.565. The van der Waals surface area contributed by atoms with Crippen LogP contribution in [0.4, 0.5) is 0 Å². The summed E-state index contributed by atoms with van der Waals surface area (Å²) in [6, 6.07) is 9.85. The molecule has 1 aliphatic rings. The highest BCUT2D eigenvalue weighted by Crippen LogP contribution is 2.30. The zero-order chi connectivity index (χ0) is 21.1. The van der Waals surface area contributed by atoms with Crippen LogP contribution >= 0.6 is 0 Å². The summed E-state index contributed by atoms with van der Waals surface area (Å²) in [6.45, 7) is 5.97. The van der Waals surface area contributed by atoms with Gasteiger partial charge in [-0.3, -0.25) is 0 Å². The Morgan fingerprint density at radius 2 is 1.48 bits per heavy atom. The van der Waals surface area contributed by atoms with Crippen molar-refractivity contribution in [1.29, 1.82) is 0 Å². The Balaban J connectivity index is 2.22. The minimum atomic E-state index is -1.13. The van der Waals surface area contributed by atoms with Crippen molar-refractivity contribution in [3.05, 3.63) is 41.5 Å². The van der Waals surface area contributed by atoms with Crippen LogP contribution in [0.25, 0.3) is 6.08 Å². The van der Waals surface area contributed by atoms with Crippen molar-refractivity contribution in [2.45, 2.75) is 71.4 Å². The Labute approximate surface area is 173 Å². The molecule has 29 heavy (non-hydrogen) atoms. The van der Waals surface area contributed by atoms with Crippen LogP contribution < -0.4 is 0 Å². The maximum atomic E-state index is 12.3. The minimum Gasteiger partial charge on any atom is -0.464 e. The first kappa shape index (κ1) is 23.1. The van der Waals surface area contributed by atoms with Gasteiger partial charge >= 0.3 is 11.9 Å². The van der Waals surface area contributed by atoms with Gasteiger partial charge in [0.15, 0.2) is 18.5 Å². The molecule has 1 aliphatic heterocycles. The normalized spacial score (nSPS) is 19.9. The first-order valence-corrected chi connectivity index (χ1v) is 10.5. The molecule has 2 atom stereocenters. The lowest BCUT2D eigenvalue weighted by molar-refractivity contribution is -0.163. The van der Waals surface area contributed by atoms with E-state index in [4.69, 9.17) is 18.9 Å². The molecule has 0 N–H and O–H groups in total. The van der Waals surface area contributed by atoms with Crippen molar-refractivity contribution >= 4 is 18.0 Å². The number of rotatable bonds is 11. The van der Waals surface area contributed by atoms with Crippen LogP contribution in [0.1, 0.15) is 58.4 Å². The predicted octanol–water partition coefficient (Wildman–Crippen LogP) is 4.28. The van der Waals surface area contributed by atoms with E-state index in [1.54, 1.807) is 13.8 Å². The van der Waals surface area contributed by atoms with Gasteiger partial charge in [0.2, 0.25) is 0 Å². The maximum absolute atomic E-state index is 12.3. The van der Waals surface area contributed by atoms with Crippen molar-refractivity contribution in [1.82, 2.24) is 0 Å². The summed E-state index contributed by atoms with van der Waals surface area (Å²) in [7, 11) is 0. The first-order valence-electron chi connectivity index (χ1n) is 10.5. The lowest BCUT2D eigenvalue weighted by Gasteiger charge is -2.15. The largest absolute Gasteiger partial charge is 0.464 e. The minimum absolute atomic E-state index is 0.197. The van der Waals surface area contributed by atoms with E-state index < -0.39 is 30.4 Å². The molecule has 2 rings (SSSR count). The first-order chi connectivity index (χ1) is 14.1. The molecular formula is C23H32O6. The maximum Gasteiger partial charge on any atom is 0.338 e. The van der Waals surface area contributed by atoms with Crippen molar-refractivity contribution in [3.63, 3.8) is 0 Å². The summed E-state index contributed by atoms with van der Waals surface area (Å²) in [5.74, 6) is -1.23. The second-order valence-electron chi connectivity index (χ2n) is 6.89. The summed E-state index contributed by atoms with van der Waals surface area (Å²) in [5.41, 5.74) is 1.91. The Kier molecular flexibility index (Phi) is 9.88. The monoisotopic (exact) mass is 404 g/mol. The van der Waals surface area contributed by atoms with Gasteiger partial charge in [-0.1, -0.05) is 62.6 Å². The highest BCUT2D eigenvalue weighted by Gasteiger charge is 2.47. The van der Waals surface area contributed by atoms with Crippen molar-refractivity contribution in [2.75, 3.05) is 13.2 Å². The van der Waals surface area contributed by atoms with Gasteiger partial charge in [-0.05, 0) is 37.8 Å². The van der Waals surface area contributed by atoms with E-state index in [0.29, 0.717) is 0 Å². The van der Waals surface area contributed by atoms with Gasteiger partial charge < -0.3 is 18.9 Å². The highest BCUT2D eigenvalue weighted by molar-refractivity contribution is 5.86. The summed E-state index contributed by atoms with van der Waals surface area (Å²) in [5, 5.41) is 0. The number of hydrogen-bond donors (Lipinski definition) is 0. The Morgan fingerprint density at radius 3 is 2.00 bits per heavy atom. The molecule has 0 spiro atoms. The van der Waals surface area contributed by atoms with Crippen LogP contribution in [-0.4, -0.2) is 43.7 Å². The van der Waals surface area contributed by atoms with E-state index >= 15 is 0 Å². The van der Waals surface area contributed by atoms with Crippen molar-refractivity contribution in [2.24, 2.45) is 0 Å². The number of hydrogen-bond acceptors (Lipinski definition) is 6. The quantitative estimate of drug-likeness (QED) is 0.405. The zero-order valence-corrected chi connectivity index (χ0v) is 17.6. The topological polar surface area (TPSA) is 71.1 Å². The van der Waals surface area contributed by atoms with E-state index in [9.17, 15) is 9.59 Å². The molecule has 6 heteroatoms. The molecular weight excluding hydrogens is 372 g/mol. The molecule has 160 valence electrons. The molecule has 0 aliphatic carbocycles. The molecule has 1 saturated heterocycles. The van der Waals surface area contributed by atoms with Gasteiger partial charge in [0.05, 0.1) is 13.2 Å². The molecule has 0 unspecified atom stereocenters.